The van der Waals surface area contributed by atoms with Gasteiger partial charge in [-0.1, -0.05) is 54.1 Å². The number of ether oxygens (including phenoxy) is 1. The van der Waals surface area contributed by atoms with Crippen LogP contribution in [0.3, 0.4) is 0 Å². The number of amides is 1. The van der Waals surface area contributed by atoms with Gasteiger partial charge >= 0.3 is 0 Å². The van der Waals surface area contributed by atoms with Crippen LogP contribution in [0.1, 0.15) is 51.9 Å². The quantitative estimate of drug-likeness (QED) is 0.470. The zero-order valence-corrected chi connectivity index (χ0v) is 22.2. The second kappa shape index (κ2) is 10.7. The second-order valence-electron chi connectivity index (χ2n) is 10.1. The van der Waals surface area contributed by atoms with Crippen molar-refractivity contribution in [3.8, 4) is 5.75 Å². The lowest BCUT2D eigenvalue weighted by atomic mass is 9.84. The van der Waals surface area contributed by atoms with Crippen molar-refractivity contribution in [3.05, 3.63) is 106 Å². The normalized spacial score (nSPS) is 17.9. The number of nitrogens with zero attached hydrogens (tertiary/aromatic N) is 2. The van der Waals surface area contributed by atoms with Crippen LogP contribution in [-0.2, 0) is 12.2 Å². The van der Waals surface area contributed by atoms with E-state index >= 15 is 0 Å². The zero-order valence-electron chi connectivity index (χ0n) is 21.4. The highest BCUT2D eigenvalue weighted by Crippen LogP contribution is 2.38. The van der Waals surface area contributed by atoms with Crippen molar-refractivity contribution >= 4 is 23.1 Å². The first-order chi connectivity index (χ1) is 17.8. The predicted molar refractivity (Wildman–Crippen MR) is 148 cm³/mol. The largest absolute Gasteiger partial charge is 0.488 e. The molecule has 3 aromatic carbocycles. The fourth-order valence-electron chi connectivity index (χ4n) is 5.27. The van der Waals surface area contributed by atoms with Gasteiger partial charge in [-0.15, -0.1) is 0 Å². The van der Waals surface area contributed by atoms with Crippen LogP contribution in [0, 0.1) is 0 Å². The number of piperidine rings is 1. The van der Waals surface area contributed by atoms with Gasteiger partial charge in [0.2, 0.25) is 0 Å². The third-order valence-electron chi connectivity index (χ3n) is 7.47. The van der Waals surface area contributed by atoms with Gasteiger partial charge in [0, 0.05) is 49.9 Å². The molecule has 5 nitrogen and oxygen atoms in total. The molecule has 2 aliphatic rings. The molecule has 0 spiro atoms. The van der Waals surface area contributed by atoms with Gasteiger partial charge in [-0.3, -0.25) is 4.79 Å². The molecule has 0 radical (unpaired) electrons. The molecule has 5 rings (SSSR count). The molecule has 2 aliphatic heterocycles. The number of hydrogen-bond acceptors (Lipinski definition) is 4. The summed E-state index contributed by atoms with van der Waals surface area (Å²) >= 11 is 6.03. The number of aliphatic hydroxyl groups is 1. The molecule has 0 aromatic heterocycles. The fraction of sp³-hybridized carbons (Fsp3) is 0.323. The van der Waals surface area contributed by atoms with E-state index < -0.39 is 5.60 Å². The first-order valence-electron chi connectivity index (χ1n) is 12.8. The summed E-state index contributed by atoms with van der Waals surface area (Å²) in [6.45, 7) is 3.06. The van der Waals surface area contributed by atoms with Gasteiger partial charge in [0.15, 0.2) is 0 Å². The molecule has 1 saturated heterocycles. The van der Waals surface area contributed by atoms with E-state index in [1.54, 1.807) is 19.0 Å². The van der Waals surface area contributed by atoms with Crippen LogP contribution in [0.2, 0.25) is 5.02 Å². The molecule has 1 amide bonds. The van der Waals surface area contributed by atoms with Crippen molar-refractivity contribution in [1.82, 2.24) is 9.80 Å². The van der Waals surface area contributed by atoms with Crippen molar-refractivity contribution in [2.24, 2.45) is 0 Å². The van der Waals surface area contributed by atoms with Gasteiger partial charge in [0.1, 0.15) is 12.4 Å². The number of carbonyl (C=O) groups is 1. The third kappa shape index (κ3) is 5.45. The summed E-state index contributed by atoms with van der Waals surface area (Å²) in [7, 11) is 3.53. The SMILES string of the molecule is CN(C)C(=O)c1ccc2c(c1)/C(=C\CCN1CCC(O)(c3ccc(Cl)cc3)CC1)c1ccccc1CO2. The molecular formula is C31H33ClN2O3. The Morgan fingerprint density at radius 3 is 2.51 bits per heavy atom. The van der Waals surface area contributed by atoms with Crippen molar-refractivity contribution in [2.75, 3.05) is 33.7 Å². The van der Waals surface area contributed by atoms with Crippen LogP contribution in [0.4, 0.5) is 0 Å². The summed E-state index contributed by atoms with van der Waals surface area (Å²) < 4.78 is 6.16. The molecule has 0 aliphatic carbocycles. The third-order valence-corrected chi connectivity index (χ3v) is 7.72. The van der Waals surface area contributed by atoms with Crippen molar-refractivity contribution in [1.29, 1.82) is 0 Å². The summed E-state index contributed by atoms with van der Waals surface area (Å²) in [5.74, 6) is 0.768. The second-order valence-corrected chi connectivity index (χ2v) is 10.6. The first kappa shape index (κ1) is 25.5. The Morgan fingerprint density at radius 2 is 1.78 bits per heavy atom. The Hall–Kier alpha value is -3.12. The van der Waals surface area contributed by atoms with E-state index in [-0.39, 0.29) is 5.91 Å². The molecule has 6 heteroatoms. The van der Waals surface area contributed by atoms with E-state index in [9.17, 15) is 9.90 Å². The topological polar surface area (TPSA) is 53.0 Å². The lowest BCUT2D eigenvalue weighted by Gasteiger charge is -2.38. The monoisotopic (exact) mass is 516 g/mol. The molecule has 0 atom stereocenters. The number of carbonyl (C=O) groups excluding carboxylic acids is 1. The molecule has 1 fully saturated rings. The molecule has 1 N–H and O–H groups in total. The van der Waals surface area contributed by atoms with E-state index in [1.165, 1.54) is 0 Å². The number of halogens is 1. The van der Waals surface area contributed by atoms with Crippen LogP contribution in [0.25, 0.3) is 5.57 Å². The minimum Gasteiger partial charge on any atom is -0.488 e. The maximum Gasteiger partial charge on any atom is 0.253 e. The van der Waals surface area contributed by atoms with Crippen molar-refractivity contribution in [2.45, 2.75) is 31.5 Å². The molecule has 192 valence electrons. The van der Waals surface area contributed by atoms with E-state index in [0.717, 1.165) is 59.6 Å². The number of hydrogen-bond donors (Lipinski definition) is 1. The molecule has 3 aromatic rings. The number of fused-ring (bicyclic) bond motifs is 2. The molecular weight excluding hydrogens is 484 g/mol. The highest BCUT2D eigenvalue weighted by molar-refractivity contribution is 6.30. The smallest absolute Gasteiger partial charge is 0.253 e. The van der Waals surface area contributed by atoms with Crippen LogP contribution in [0.15, 0.2) is 72.8 Å². The van der Waals surface area contributed by atoms with Gasteiger partial charge in [0.25, 0.3) is 5.91 Å². The number of likely N-dealkylation sites (tertiary alicyclic amines) is 1. The number of benzene rings is 3. The Balaban J connectivity index is 1.35. The Kier molecular flexibility index (Phi) is 7.38. The van der Waals surface area contributed by atoms with Gasteiger partial charge in [0.05, 0.1) is 5.60 Å². The Bertz CT molecular complexity index is 1310. The molecule has 0 bridgehead atoms. The van der Waals surface area contributed by atoms with Crippen molar-refractivity contribution in [3.63, 3.8) is 0 Å². The lowest BCUT2D eigenvalue weighted by molar-refractivity contribution is -0.0254. The highest BCUT2D eigenvalue weighted by Gasteiger charge is 2.33. The zero-order chi connectivity index (χ0) is 26.0. The summed E-state index contributed by atoms with van der Waals surface area (Å²) in [6, 6.07) is 21.6. The maximum absolute atomic E-state index is 12.7. The van der Waals surface area contributed by atoms with Crippen molar-refractivity contribution < 1.29 is 14.6 Å². The highest BCUT2D eigenvalue weighted by atomic mass is 35.5. The molecule has 0 saturated carbocycles. The summed E-state index contributed by atoms with van der Waals surface area (Å²) in [5, 5.41) is 11.9. The Morgan fingerprint density at radius 1 is 1.05 bits per heavy atom. The molecule has 37 heavy (non-hydrogen) atoms. The average molecular weight is 517 g/mol. The number of rotatable bonds is 5. The van der Waals surface area contributed by atoms with Crippen LogP contribution in [0.5, 0.6) is 5.75 Å². The van der Waals surface area contributed by atoms with Gasteiger partial charge in [-0.05, 0) is 71.9 Å². The van der Waals surface area contributed by atoms with Crippen LogP contribution in [-0.4, -0.2) is 54.5 Å². The van der Waals surface area contributed by atoms with Crippen LogP contribution < -0.4 is 4.74 Å². The van der Waals surface area contributed by atoms with Crippen LogP contribution >= 0.6 is 11.6 Å². The predicted octanol–water partition coefficient (Wildman–Crippen LogP) is 5.74. The standard InChI is InChI=1S/C31H33ClN2O3/c1-33(2)30(35)22-9-14-29-28(20-22)27(26-7-4-3-6-23(26)21-37-29)8-5-17-34-18-15-31(36,16-19-34)24-10-12-25(32)13-11-24/h3-4,6-14,20,36H,5,15-19,21H2,1-2H3/b27-8-. The summed E-state index contributed by atoms with van der Waals surface area (Å²) in [4.78, 5) is 16.7. The maximum atomic E-state index is 12.7. The average Bonchev–Trinajstić information content (AvgIpc) is 3.06. The van der Waals surface area contributed by atoms with E-state index in [1.807, 2.05) is 48.5 Å². The molecule has 2 heterocycles. The van der Waals surface area contributed by atoms with Gasteiger partial charge in [-0.2, -0.15) is 0 Å². The summed E-state index contributed by atoms with van der Waals surface area (Å²) in [6.07, 6.45) is 4.52. The Labute approximate surface area is 223 Å². The minimum atomic E-state index is -0.800. The van der Waals surface area contributed by atoms with E-state index in [2.05, 4.69) is 29.2 Å². The van der Waals surface area contributed by atoms with Gasteiger partial charge in [-0.25, -0.2) is 0 Å². The van der Waals surface area contributed by atoms with Gasteiger partial charge < -0.3 is 19.6 Å². The molecule has 0 unspecified atom stereocenters. The van der Waals surface area contributed by atoms with E-state index in [0.29, 0.717) is 30.0 Å². The first-order valence-corrected chi connectivity index (χ1v) is 13.2. The summed E-state index contributed by atoms with van der Waals surface area (Å²) in [5.41, 5.74) is 5.12. The minimum absolute atomic E-state index is 0.0267. The fourth-order valence-corrected chi connectivity index (χ4v) is 5.40. The lowest BCUT2D eigenvalue weighted by Crippen LogP contribution is -2.42. The van der Waals surface area contributed by atoms with E-state index in [4.69, 9.17) is 16.3 Å².